The third kappa shape index (κ3) is 2.65. The predicted octanol–water partition coefficient (Wildman–Crippen LogP) is 3.17. The number of methoxy groups -OCH3 is 1. The van der Waals surface area contributed by atoms with Crippen LogP contribution in [0.2, 0.25) is 0 Å². The maximum absolute atomic E-state index is 5.25. The van der Waals surface area contributed by atoms with E-state index in [1.807, 2.05) is 10.6 Å². The molecule has 2 aromatic rings. The molecule has 4 nitrogen and oxygen atoms in total. The van der Waals surface area contributed by atoms with E-state index < -0.39 is 0 Å². The van der Waals surface area contributed by atoms with Crippen molar-refractivity contribution in [2.75, 3.05) is 13.7 Å². The SMILES string of the molecule is COCCn1c(-c2cccc(C)c2I)n[nH]c1=S. The fourth-order valence-electron chi connectivity index (χ4n) is 1.73. The molecule has 96 valence electrons. The maximum Gasteiger partial charge on any atom is 0.195 e. The standard InChI is InChI=1S/C12H14IN3OS/c1-8-4-3-5-9(10(8)13)11-14-15-12(18)16(11)6-7-17-2/h3-5H,6-7H2,1-2H3,(H,15,18). The highest BCUT2D eigenvalue weighted by molar-refractivity contribution is 14.1. The Balaban J connectivity index is 2.51. The Morgan fingerprint density at radius 3 is 3.00 bits per heavy atom. The first-order valence-corrected chi connectivity index (χ1v) is 7.03. The molecule has 0 fully saturated rings. The average Bonchev–Trinajstić information content (AvgIpc) is 2.72. The molecule has 1 aromatic carbocycles. The van der Waals surface area contributed by atoms with Gasteiger partial charge in [-0.15, -0.1) is 0 Å². The van der Waals surface area contributed by atoms with Gasteiger partial charge in [-0.1, -0.05) is 18.2 Å². The predicted molar refractivity (Wildman–Crippen MR) is 82.2 cm³/mol. The summed E-state index contributed by atoms with van der Waals surface area (Å²) in [4.78, 5) is 0. The van der Waals surface area contributed by atoms with Crippen LogP contribution in [0.5, 0.6) is 0 Å². The minimum absolute atomic E-state index is 0.614. The number of rotatable bonds is 4. The van der Waals surface area contributed by atoms with Gasteiger partial charge in [0.05, 0.1) is 13.2 Å². The number of aromatic amines is 1. The van der Waals surface area contributed by atoms with Crippen molar-refractivity contribution in [2.45, 2.75) is 13.5 Å². The molecule has 0 radical (unpaired) electrons. The van der Waals surface area contributed by atoms with Gasteiger partial charge in [0.15, 0.2) is 10.6 Å². The number of aromatic nitrogens is 3. The second kappa shape index (κ2) is 5.94. The smallest absolute Gasteiger partial charge is 0.195 e. The first-order chi connectivity index (χ1) is 8.65. The number of H-pyrrole nitrogens is 1. The van der Waals surface area contributed by atoms with Crippen molar-refractivity contribution in [2.24, 2.45) is 0 Å². The van der Waals surface area contributed by atoms with Crippen molar-refractivity contribution < 1.29 is 4.74 Å². The second-order valence-electron chi connectivity index (χ2n) is 3.93. The molecule has 0 aliphatic carbocycles. The Morgan fingerprint density at radius 2 is 2.28 bits per heavy atom. The Bertz CT molecular complexity index is 606. The van der Waals surface area contributed by atoms with E-state index in [4.69, 9.17) is 17.0 Å². The molecule has 0 aliphatic rings. The van der Waals surface area contributed by atoms with Crippen LogP contribution in [-0.2, 0) is 11.3 Å². The fourth-order valence-corrected chi connectivity index (χ4v) is 2.56. The molecular formula is C12H14IN3OS. The molecule has 0 saturated carbocycles. The largest absolute Gasteiger partial charge is 0.383 e. The molecule has 0 atom stereocenters. The van der Waals surface area contributed by atoms with Gasteiger partial charge in [0.2, 0.25) is 0 Å². The first kappa shape index (κ1) is 13.7. The van der Waals surface area contributed by atoms with Gasteiger partial charge in [0.25, 0.3) is 0 Å². The van der Waals surface area contributed by atoms with Crippen molar-refractivity contribution in [3.63, 3.8) is 0 Å². The van der Waals surface area contributed by atoms with Gasteiger partial charge in [-0.3, -0.25) is 9.67 Å². The van der Waals surface area contributed by atoms with Crippen molar-refractivity contribution in [1.29, 1.82) is 0 Å². The van der Waals surface area contributed by atoms with Crippen LogP contribution in [0.3, 0.4) is 0 Å². The van der Waals surface area contributed by atoms with Gasteiger partial charge < -0.3 is 4.74 Å². The maximum atomic E-state index is 5.25. The molecule has 0 amide bonds. The summed E-state index contributed by atoms with van der Waals surface area (Å²) >= 11 is 7.59. The summed E-state index contributed by atoms with van der Waals surface area (Å²) in [5.41, 5.74) is 2.33. The number of aryl methyl sites for hydroxylation is 1. The summed E-state index contributed by atoms with van der Waals surface area (Å²) in [7, 11) is 1.68. The second-order valence-corrected chi connectivity index (χ2v) is 5.40. The molecule has 0 saturated heterocycles. The Morgan fingerprint density at radius 1 is 1.50 bits per heavy atom. The minimum Gasteiger partial charge on any atom is -0.383 e. The fraction of sp³-hybridized carbons (Fsp3) is 0.333. The van der Waals surface area contributed by atoms with Crippen LogP contribution in [0.15, 0.2) is 18.2 Å². The van der Waals surface area contributed by atoms with E-state index in [1.165, 1.54) is 9.13 Å². The van der Waals surface area contributed by atoms with Gasteiger partial charge >= 0.3 is 0 Å². The first-order valence-electron chi connectivity index (χ1n) is 5.54. The van der Waals surface area contributed by atoms with Crippen LogP contribution in [-0.4, -0.2) is 28.5 Å². The van der Waals surface area contributed by atoms with Crippen molar-refractivity contribution in [3.05, 3.63) is 32.1 Å². The molecule has 1 N–H and O–H groups in total. The van der Waals surface area contributed by atoms with E-state index in [0.717, 1.165) is 11.4 Å². The molecule has 2 rings (SSSR count). The summed E-state index contributed by atoms with van der Waals surface area (Å²) in [5, 5.41) is 7.17. The van der Waals surface area contributed by atoms with Gasteiger partial charge in [-0.05, 0) is 47.3 Å². The van der Waals surface area contributed by atoms with Crippen LogP contribution in [0.25, 0.3) is 11.4 Å². The number of hydrogen-bond acceptors (Lipinski definition) is 3. The molecule has 6 heteroatoms. The van der Waals surface area contributed by atoms with E-state index in [0.29, 0.717) is 17.9 Å². The number of hydrogen-bond donors (Lipinski definition) is 1. The molecule has 18 heavy (non-hydrogen) atoms. The van der Waals surface area contributed by atoms with Gasteiger partial charge in [-0.2, -0.15) is 5.10 Å². The third-order valence-corrected chi connectivity index (χ3v) is 4.45. The monoisotopic (exact) mass is 375 g/mol. The highest BCUT2D eigenvalue weighted by atomic mass is 127. The lowest BCUT2D eigenvalue weighted by atomic mass is 10.1. The van der Waals surface area contributed by atoms with Gasteiger partial charge in [0.1, 0.15) is 0 Å². The number of ether oxygens (including phenoxy) is 1. The number of nitrogens with one attached hydrogen (secondary N) is 1. The summed E-state index contributed by atoms with van der Waals surface area (Å²) in [6.45, 7) is 3.40. The zero-order valence-corrected chi connectivity index (χ0v) is 13.2. The molecular weight excluding hydrogens is 361 g/mol. The van der Waals surface area contributed by atoms with Crippen LogP contribution in [0, 0.1) is 15.3 Å². The molecule has 0 unspecified atom stereocenters. The highest BCUT2D eigenvalue weighted by Crippen LogP contribution is 2.26. The molecule has 0 aliphatic heterocycles. The normalized spacial score (nSPS) is 10.8. The quantitative estimate of drug-likeness (QED) is 0.660. The topological polar surface area (TPSA) is 42.8 Å². The van der Waals surface area contributed by atoms with E-state index in [9.17, 15) is 0 Å². The van der Waals surface area contributed by atoms with E-state index >= 15 is 0 Å². The van der Waals surface area contributed by atoms with Crippen LogP contribution < -0.4 is 0 Å². The highest BCUT2D eigenvalue weighted by Gasteiger charge is 2.12. The zero-order chi connectivity index (χ0) is 13.1. The van der Waals surface area contributed by atoms with E-state index in [2.05, 4.69) is 51.8 Å². The van der Waals surface area contributed by atoms with Crippen LogP contribution in [0.4, 0.5) is 0 Å². The van der Waals surface area contributed by atoms with Crippen LogP contribution in [0.1, 0.15) is 5.56 Å². The van der Waals surface area contributed by atoms with Crippen molar-refractivity contribution in [1.82, 2.24) is 14.8 Å². The van der Waals surface area contributed by atoms with Crippen molar-refractivity contribution >= 4 is 34.8 Å². The molecule has 1 heterocycles. The lowest BCUT2D eigenvalue weighted by molar-refractivity contribution is 0.187. The number of nitrogens with zero attached hydrogens (tertiary/aromatic N) is 2. The zero-order valence-electron chi connectivity index (χ0n) is 10.2. The Hall–Kier alpha value is -0.730. The van der Waals surface area contributed by atoms with Gasteiger partial charge in [0, 0.05) is 16.2 Å². The summed E-state index contributed by atoms with van der Waals surface area (Å²) in [6, 6.07) is 6.18. The molecule has 0 spiro atoms. The van der Waals surface area contributed by atoms with Gasteiger partial charge in [-0.25, -0.2) is 0 Å². The minimum atomic E-state index is 0.614. The lowest BCUT2D eigenvalue weighted by Gasteiger charge is -2.09. The van der Waals surface area contributed by atoms with E-state index in [1.54, 1.807) is 7.11 Å². The summed E-state index contributed by atoms with van der Waals surface area (Å²) in [6.07, 6.45) is 0. The van der Waals surface area contributed by atoms with Crippen LogP contribution >= 0.6 is 34.8 Å². The van der Waals surface area contributed by atoms with Crippen molar-refractivity contribution in [3.8, 4) is 11.4 Å². The molecule has 0 bridgehead atoms. The summed E-state index contributed by atoms with van der Waals surface area (Å²) in [5.74, 6) is 0.866. The number of halogens is 1. The third-order valence-electron chi connectivity index (χ3n) is 2.71. The average molecular weight is 375 g/mol. The number of benzene rings is 1. The van der Waals surface area contributed by atoms with E-state index in [-0.39, 0.29) is 0 Å². The summed E-state index contributed by atoms with van der Waals surface area (Å²) < 4.78 is 8.89. The lowest BCUT2D eigenvalue weighted by Crippen LogP contribution is -2.07. The Kier molecular flexibility index (Phi) is 4.52. The Labute approximate surface area is 125 Å². The molecule has 1 aromatic heterocycles.